The summed E-state index contributed by atoms with van der Waals surface area (Å²) in [4.78, 5) is 16.5. The molecule has 0 saturated carbocycles. The first-order chi connectivity index (χ1) is 9.68. The molecule has 1 fully saturated rings. The van der Waals surface area contributed by atoms with E-state index in [1.54, 1.807) is 0 Å². The van der Waals surface area contributed by atoms with Gasteiger partial charge in [0.05, 0.1) is 18.8 Å². The molecule has 1 heterocycles. The maximum absolute atomic E-state index is 12.2. The molecule has 1 aromatic carbocycles. The minimum atomic E-state index is -0.0115. The number of carbonyl (C=O) groups is 1. The third kappa shape index (κ3) is 3.95. The molecule has 0 bridgehead atoms. The molecule has 2 rings (SSSR count). The fraction of sp³-hybridized carbons (Fsp3) is 0.533. The van der Waals surface area contributed by atoms with Crippen LogP contribution in [0.15, 0.2) is 24.3 Å². The summed E-state index contributed by atoms with van der Waals surface area (Å²) in [5.74, 6) is -0.0115. The number of rotatable bonds is 5. The number of hydrogen-bond acceptors (Lipinski definition) is 4. The van der Waals surface area contributed by atoms with Crippen molar-refractivity contribution in [1.82, 2.24) is 10.2 Å². The van der Waals surface area contributed by atoms with E-state index < -0.39 is 0 Å². The summed E-state index contributed by atoms with van der Waals surface area (Å²) in [6.07, 6.45) is 0. The van der Waals surface area contributed by atoms with Crippen molar-refractivity contribution < 1.29 is 9.53 Å². The number of amides is 1. The minimum Gasteiger partial charge on any atom is -0.379 e. The highest BCUT2D eigenvalue weighted by atomic mass is 16.5. The van der Waals surface area contributed by atoms with Crippen molar-refractivity contribution in [2.45, 2.75) is 0 Å². The van der Waals surface area contributed by atoms with E-state index in [0.29, 0.717) is 6.54 Å². The predicted octanol–water partition coefficient (Wildman–Crippen LogP) is 0.815. The molecule has 5 nitrogen and oxygen atoms in total. The molecular weight excluding hydrogens is 254 g/mol. The summed E-state index contributed by atoms with van der Waals surface area (Å²) in [5, 5.41) is 2.99. The van der Waals surface area contributed by atoms with Gasteiger partial charge in [0.1, 0.15) is 0 Å². The lowest BCUT2D eigenvalue weighted by Gasteiger charge is -2.26. The van der Waals surface area contributed by atoms with Crippen LogP contribution in [0.5, 0.6) is 0 Å². The second-order valence-electron chi connectivity index (χ2n) is 5.12. The Bertz CT molecular complexity index is 442. The monoisotopic (exact) mass is 277 g/mol. The number of nitrogens with one attached hydrogen (secondary N) is 1. The van der Waals surface area contributed by atoms with Crippen LogP contribution in [0.25, 0.3) is 0 Å². The Morgan fingerprint density at radius 3 is 2.70 bits per heavy atom. The van der Waals surface area contributed by atoms with Gasteiger partial charge in [-0.2, -0.15) is 0 Å². The summed E-state index contributed by atoms with van der Waals surface area (Å²) in [6.45, 7) is 5.02. The normalized spacial score (nSPS) is 15.9. The van der Waals surface area contributed by atoms with Crippen LogP contribution in [0.4, 0.5) is 5.69 Å². The Morgan fingerprint density at radius 1 is 1.30 bits per heavy atom. The van der Waals surface area contributed by atoms with E-state index in [2.05, 4.69) is 10.2 Å². The molecule has 1 aliphatic rings. The lowest BCUT2D eigenvalue weighted by molar-refractivity contribution is 0.0383. The molecule has 0 aliphatic carbocycles. The first kappa shape index (κ1) is 14.8. The van der Waals surface area contributed by atoms with Crippen molar-refractivity contribution in [3.8, 4) is 0 Å². The van der Waals surface area contributed by atoms with Crippen molar-refractivity contribution in [3.63, 3.8) is 0 Å². The Labute approximate surface area is 120 Å². The number of morpholine rings is 1. The van der Waals surface area contributed by atoms with Gasteiger partial charge in [-0.25, -0.2) is 0 Å². The van der Waals surface area contributed by atoms with Crippen molar-refractivity contribution in [1.29, 1.82) is 0 Å². The highest BCUT2D eigenvalue weighted by molar-refractivity contribution is 5.99. The lowest BCUT2D eigenvalue weighted by atomic mass is 10.1. The number of hydrogen-bond donors (Lipinski definition) is 1. The molecule has 0 aromatic heterocycles. The number of anilines is 1. The number of para-hydroxylation sites is 1. The second-order valence-corrected chi connectivity index (χ2v) is 5.12. The van der Waals surface area contributed by atoms with E-state index in [0.717, 1.165) is 44.1 Å². The fourth-order valence-corrected chi connectivity index (χ4v) is 2.30. The molecule has 1 aliphatic heterocycles. The summed E-state index contributed by atoms with van der Waals surface area (Å²) in [7, 11) is 3.89. The fourth-order valence-electron chi connectivity index (χ4n) is 2.30. The Morgan fingerprint density at radius 2 is 2.00 bits per heavy atom. The standard InChI is InChI=1S/C15H23N3O2/c1-17(2)14-6-4-3-5-13(14)15(19)16-7-8-18-9-11-20-12-10-18/h3-6H,7-12H2,1-2H3,(H,16,19). The van der Waals surface area contributed by atoms with Crippen LogP contribution in [0.1, 0.15) is 10.4 Å². The van der Waals surface area contributed by atoms with Crippen LogP contribution >= 0.6 is 0 Å². The maximum Gasteiger partial charge on any atom is 0.253 e. The number of ether oxygens (including phenoxy) is 1. The van der Waals surface area contributed by atoms with E-state index in [4.69, 9.17) is 4.74 Å². The highest BCUT2D eigenvalue weighted by Crippen LogP contribution is 2.17. The molecule has 0 spiro atoms. The molecule has 5 heteroatoms. The molecule has 110 valence electrons. The van der Waals surface area contributed by atoms with Crippen molar-refractivity contribution in [3.05, 3.63) is 29.8 Å². The average molecular weight is 277 g/mol. The number of benzene rings is 1. The topological polar surface area (TPSA) is 44.8 Å². The number of nitrogens with zero attached hydrogens (tertiary/aromatic N) is 2. The first-order valence-corrected chi connectivity index (χ1v) is 7.03. The van der Waals surface area contributed by atoms with Gasteiger partial charge in [-0.15, -0.1) is 0 Å². The summed E-state index contributed by atoms with van der Waals surface area (Å²) in [6, 6.07) is 7.65. The molecule has 1 aromatic rings. The second kappa shape index (κ2) is 7.26. The molecule has 20 heavy (non-hydrogen) atoms. The van der Waals surface area contributed by atoms with Gasteiger partial charge in [0, 0.05) is 46.0 Å². The Balaban J connectivity index is 1.85. The van der Waals surface area contributed by atoms with Gasteiger partial charge in [0.15, 0.2) is 0 Å². The van der Waals surface area contributed by atoms with Gasteiger partial charge in [0.2, 0.25) is 0 Å². The average Bonchev–Trinajstić information content (AvgIpc) is 2.48. The van der Waals surface area contributed by atoms with Crippen molar-refractivity contribution >= 4 is 11.6 Å². The van der Waals surface area contributed by atoms with E-state index in [1.165, 1.54) is 0 Å². The molecule has 0 radical (unpaired) electrons. The molecule has 0 atom stereocenters. The first-order valence-electron chi connectivity index (χ1n) is 7.03. The van der Waals surface area contributed by atoms with Gasteiger partial charge in [0.25, 0.3) is 5.91 Å². The van der Waals surface area contributed by atoms with E-state index in [1.807, 2.05) is 43.3 Å². The third-order valence-corrected chi connectivity index (χ3v) is 3.45. The third-order valence-electron chi connectivity index (χ3n) is 3.45. The molecule has 1 amide bonds. The van der Waals surface area contributed by atoms with Crippen LogP contribution in [0, 0.1) is 0 Å². The molecule has 0 unspecified atom stereocenters. The predicted molar refractivity (Wildman–Crippen MR) is 80.4 cm³/mol. The van der Waals surface area contributed by atoms with Crippen molar-refractivity contribution in [2.75, 3.05) is 58.4 Å². The maximum atomic E-state index is 12.2. The SMILES string of the molecule is CN(C)c1ccccc1C(=O)NCCN1CCOCC1. The van der Waals surface area contributed by atoms with E-state index in [-0.39, 0.29) is 5.91 Å². The molecule has 1 N–H and O–H groups in total. The lowest BCUT2D eigenvalue weighted by Crippen LogP contribution is -2.41. The quantitative estimate of drug-likeness (QED) is 0.865. The van der Waals surface area contributed by atoms with Gasteiger partial charge in [-0.3, -0.25) is 9.69 Å². The van der Waals surface area contributed by atoms with Crippen LogP contribution < -0.4 is 10.2 Å². The summed E-state index contributed by atoms with van der Waals surface area (Å²) >= 11 is 0. The zero-order chi connectivity index (χ0) is 14.4. The summed E-state index contributed by atoms with van der Waals surface area (Å²) < 4.78 is 5.30. The zero-order valence-electron chi connectivity index (χ0n) is 12.3. The van der Waals surface area contributed by atoms with Crippen LogP contribution in [0.2, 0.25) is 0 Å². The van der Waals surface area contributed by atoms with Gasteiger partial charge >= 0.3 is 0 Å². The van der Waals surface area contributed by atoms with E-state index in [9.17, 15) is 4.79 Å². The molecule has 1 saturated heterocycles. The van der Waals surface area contributed by atoms with Crippen LogP contribution in [-0.4, -0.2) is 64.3 Å². The Kier molecular flexibility index (Phi) is 5.38. The van der Waals surface area contributed by atoms with Gasteiger partial charge in [-0.05, 0) is 12.1 Å². The van der Waals surface area contributed by atoms with Crippen molar-refractivity contribution in [2.24, 2.45) is 0 Å². The zero-order valence-corrected chi connectivity index (χ0v) is 12.3. The van der Waals surface area contributed by atoms with Gasteiger partial charge < -0.3 is 15.0 Å². The smallest absolute Gasteiger partial charge is 0.253 e. The highest BCUT2D eigenvalue weighted by Gasteiger charge is 2.13. The van der Waals surface area contributed by atoms with Crippen LogP contribution in [0.3, 0.4) is 0 Å². The van der Waals surface area contributed by atoms with E-state index >= 15 is 0 Å². The largest absolute Gasteiger partial charge is 0.379 e. The Hall–Kier alpha value is -1.59. The molecular formula is C15H23N3O2. The van der Waals surface area contributed by atoms with Crippen LogP contribution in [-0.2, 0) is 4.74 Å². The number of carbonyl (C=O) groups excluding carboxylic acids is 1. The minimum absolute atomic E-state index is 0.0115. The summed E-state index contributed by atoms with van der Waals surface area (Å²) in [5.41, 5.74) is 1.66. The van der Waals surface area contributed by atoms with Gasteiger partial charge in [-0.1, -0.05) is 12.1 Å².